The van der Waals surface area contributed by atoms with Crippen molar-refractivity contribution in [1.29, 1.82) is 0 Å². The second kappa shape index (κ2) is 10.3. The van der Waals surface area contributed by atoms with E-state index < -0.39 is 30.0 Å². The van der Waals surface area contributed by atoms with E-state index in [-0.39, 0.29) is 57.8 Å². The maximum Gasteiger partial charge on any atom is 2.00 e. The molecule has 0 bridgehead atoms. The quantitative estimate of drug-likeness (QED) is 0.469. The second-order valence-corrected chi connectivity index (χ2v) is 8.44. The molecule has 2 aromatic carbocycles. The molecule has 0 amide bonds. The molecule has 0 unspecified atom stereocenters. The summed E-state index contributed by atoms with van der Waals surface area (Å²) < 4.78 is 63.0. The number of rotatable bonds is 2. The van der Waals surface area contributed by atoms with E-state index in [9.17, 15) is 25.9 Å². The van der Waals surface area contributed by atoms with Crippen LogP contribution in [0.2, 0.25) is 20.1 Å². The van der Waals surface area contributed by atoms with Crippen LogP contribution < -0.4 is 0 Å². The number of hydrogen-bond donors (Lipinski definition) is 0. The molecule has 2 aromatic rings. The molecule has 6 nitrogen and oxygen atoms in total. The minimum absolute atomic E-state index is 0. The molecule has 0 N–H and O–H groups in total. The third-order valence-electron chi connectivity index (χ3n) is 2.33. The fourth-order valence-electron chi connectivity index (χ4n) is 1.34. The van der Waals surface area contributed by atoms with Gasteiger partial charge in [-0.05, 0) is 36.4 Å². The molecular formula is C12H6CaCl4O6S2. The molecule has 25 heavy (non-hydrogen) atoms. The van der Waals surface area contributed by atoms with Crippen molar-refractivity contribution < 1.29 is 25.9 Å². The van der Waals surface area contributed by atoms with Gasteiger partial charge in [0.25, 0.3) is 0 Å². The van der Waals surface area contributed by atoms with Crippen molar-refractivity contribution in [3.63, 3.8) is 0 Å². The van der Waals surface area contributed by atoms with Gasteiger partial charge in [0.15, 0.2) is 0 Å². The van der Waals surface area contributed by atoms with Crippen molar-refractivity contribution in [3.8, 4) is 0 Å². The van der Waals surface area contributed by atoms with E-state index in [0.29, 0.717) is 0 Å². The summed E-state index contributed by atoms with van der Waals surface area (Å²) in [5.74, 6) is 0. The van der Waals surface area contributed by atoms with Gasteiger partial charge in [-0.15, -0.1) is 0 Å². The third-order valence-corrected chi connectivity index (χ3v) is 5.43. The van der Waals surface area contributed by atoms with Gasteiger partial charge in [-0.1, -0.05) is 46.4 Å². The maximum absolute atomic E-state index is 10.5. The standard InChI is InChI=1S/2C6H4Cl2O3S.Ca/c2*7-4-1-2-5(8)6(3-4)12(9,10)11;/h2*1-3H,(H,9,10,11);/q;;+2/p-2. The zero-order valence-electron chi connectivity index (χ0n) is 11.9. The summed E-state index contributed by atoms with van der Waals surface area (Å²) in [7, 11) is -9.04. The van der Waals surface area contributed by atoms with Crippen LogP contribution in [0.4, 0.5) is 0 Å². The van der Waals surface area contributed by atoms with Gasteiger partial charge >= 0.3 is 37.7 Å². The molecule has 0 aromatic heterocycles. The summed E-state index contributed by atoms with van der Waals surface area (Å²) >= 11 is 21.8. The molecule has 0 aliphatic rings. The molecule has 0 aliphatic carbocycles. The van der Waals surface area contributed by atoms with Crippen LogP contribution in [0.1, 0.15) is 0 Å². The molecule has 132 valence electrons. The summed E-state index contributed by atoms with van der Waals surface area (Å²) in [5.41, 5.74) is 0. The SMILES string of the molecule is O=S(=O)([O-])c1cc(Cl)ccc1Cl.O=S(=O)([O-])c1cc(Cl)ccc1Cl.[Ca+2]. The van der Waals surface area contributed by atoms with Crippen LogP contribution in [0.3, 0.4) is 0 Å². The largest absolute Gasteiger partial charge is 2.00 e. The molecular weight excluding hydrogens is 486 g/mol. The van der Waals surface area contributed by atoms with E-state index in [1.54, 1.807) is 0 Å². The fourth-order valence-corrected chi connectivity index (χ4v) is 3.77. The van der Waals surface area contributed by atoms with Gasteiger partial charge in [0, 0.05) is 10.0 Å². The molecule has 0 saturated carbocycles. The molecule has 0 saturated heterocycles. The molecule has 0 aliphatic heterocycles. The Morgan fingerprint density at radius 1 is 0.640 bits per heavy atom. The Balaban J connectivity index is 0.000000443. The Hall–Kier alpha value is 0.680. The molecule has 13 heteroatoms. The Bertz CT molecular complexity index is 884. The van der Waals surface area contributed by atoms with Crippen molar-refractivity contribution >= 4 is 104 Å². The zero-order chi connectivity index (χ0) is 18.7. The Kier molecular flexibility index (Phi) is 10.6. The first-order valence-electron chi connectivity index (χ1n) is 5.64. The molecule has 0 atom stereocenters. The molecule has 0 spiro atoms. The van der Waals surface area contributed by atoms with Crippen molar-refractivity contribution in [2.75, 3.05) is 0 Å². The molecule has 0 fully saturated rings. The maximum atomic E-state index is 10.5. The van der Waals surface area contributed by atoms with Crippen molar-refractivity contribution in [2.24, 2.45) is 0 Å². The predicted molar refractivity (Wildman–Crippen MR) is 94.6 cm³/mol. The normalized spacial score (nSPS) is 11.1. The third kappa shape index (κ3) is 8.48. The summed E-state index contributed by atoms with van der Waals surface area (Å²) in [6, 6.07) is 7.36. The van der Waals surface area contributed by atoms with E-state index >= 15 is 0 Å². The van der Waals surface area contributed by atoms with Gasteiger partial charge in [-0.2, -0.15) is 0 Å². The Morgan fingerprint density at radius 3 is 1.12 bits per heavy atom. The molecule has 0 radical (unpaired) electrons. The zero-order valence-corrected chi connectivity index (χ0v) is 18.8. The van der Waals surface area contributed by atoms with Crippen LogP contribution in [0.15, 0.2) is 46.2 Å². The minimum Gasteiger partial charge on any atom is -0.744 e. The Labute approximate surface area is 194 Å². The van der Waals surface area contributed by atoms with Gasteiger partial charge < -0.3 is 9.11 Å². The minimum atomic E-state index is -4.52. The van der Waals surface area contributed by atoms with Gasteiger partial charge in [-0.25, -0.2) is 16.8 Å². The fraction of sp³-hybridized carbons (Fsp3) is 0. The molecule has 2 rings (SSSR count). The van der Waals surface area contributed by atoms with E-state index in [2.05, 4.69) is 0 Å². The van der Waals surface area contributed by atoms with E-state index in [1.165, 1.54) is 24.3 Å². The van der Waals surface area contributed by atoms with Crippen LogP contribution in [0, 0.1) is 0 Å². The molecule has 0 heterocycles. The first-order valence-corrected chi connectivity index (χ1v) is 9.97. The van der Waals surface area contributed by atoms with Crippen molar-refractivity contribution in [2.45, 2.75) is 9.79 Å². The number of halogens is 4. The van der Waals surface area contributed by atoms with E-state index in [0.717, 1.165) is 12.1 Å². The number of hydrogen-bond acceptors (Lipinski definition) is 6. The van der Waals surface area contributed by atoms with Gasteiger partial charge in [0.2, 0.25) is 0 Å². The van der Waals surface area contributed by atoms with Crippen LogP contribution in [0.5, 0.6) is 0 Å². The van der Waals surface area contributed by atoms with Crippen LogP contribution in [0.25, 0.3) is 0 Å². The summed E-state index contributed by atoms with van der Waals surface area (Å²) in [6.07, 6.45) is 0. The second-order valence-electron chi connectivity index (χ2n) is 4.06. The summed E-state index contributed by atoms with van der Waals surface area (Å²) in [4.78, 5) is -0.978. The van der Waals surface area contributed by atoms with Crippen LogP contribution in [-0.4, -0.2) is 63.7 Å². The van der Waals surface area contributed by atoms with Gasteiger partial charge in [0.05, 0.1) is 19.8 Å². The summed E-state index contributed by atoms with van der Waals surface area (Å²) in [6.45, 7) is 0. The van der Waals surface area contributed by atoms with E-state index in [1.807, 2.05) is 0 Å². The van der Waals surface area contributed by atoms with Gasteiger partial charge in [-0.3, -0.25) is 0 Å². The summed E-state index contributed by atoms with van der Waals surface area (Å²) in [5, 5.41) is 0.0893. The Morgan fingerprint density at radius 2 is 0.920 bits per heavy atom. The number of benzene rings is 2. The van der Waals surface area contributed by atoms with Gasteiger partial charge in [0.1, 0.15) is 20.2 Å². The van der Waals surface area contributed by atoms with Crippen LogP contribution >= 0.6 is 46.4 Å². The average Bonchev–Trinajstić information content (AvgIpc) is 2.42. The smallest absolute Gasteiger partial charge is 0.744 e. The topological polar surface area (TPSA) is 114 Å². The van der Waals surface area contributed by atoms with E-state index in [4.69, 9.17) is 46.4 Å². The van der Waals surface area contributed by atoms with Crippen LogP contribution in [-0.2, 0) is 20.2 Å². The first-order chi connectivity index (χ1) is 10.8. The van der Waals surface area contributed by atoms with Crippen molar-refractivity contribution in [3.05, 3.63) is 56.5 Å². The monoisotopic (exact) mass is 490 g/mol. The predicted octanol–water partition coefficient (Wildman–Crippen LogP) is 3.41. The van der Waals surface area contributed by atoms with Crippen molar-refractivity contribution in [1.82, 2.24) is 0 Å². The first kappa shape index (κ1) is 25.7. The average molecular weight is 492 g/mol.